The third kappa shape index (κ3) is 5.33. The minimum Gasteiger partial charge on any atom is -0.310 e. The zero-order chi connectivity index (χ0) is 16.5. The van der Waals surface area contributed by atoms with Crippen LogP contribution in [0, 0.1) is 0 Å². The number of nitrogens with one attached hydrogen (secondary N) is 1. The molecular formula is C17H24N2O3. The first-order chi connectivity index (χ1) is 10.5. The molecule has 0 spiro atoms. The smallest absolute Gasteiger partial charge is 0.267 e. The van der Waals surface area contributed by atoms with Gasteiger partial charge in [-0.25, -0.2) is 5.48 Å². The fourth-order valence-corrected chi connectivity index (χ4v) is 2.13. The Hall–Kier alpha value is -2.14. The zero-order valence-corrected chi connectivity index (χ0v) is 13.4. The number of hydrogen-bond acceptors (Lipinski definition) is 3. The van der Waals surface area contributed by atoms with E-state index in [1.165, 1.54) is 11.6 Å². The highest BCUT2D eigenvalue weighted by Crippen LogP contribution is 2.20. The molecule has 0 saturated heterocycles. The van der Waals surface area contributed by atoms with Crippen molar-refractivity contribution < 1.29 is 14.8 Å². The van der Waals surface area contributed by atoms with Crippen LogP contribution < -0.4 is 10.4 Å². The van der Waals surface area contributed by atoms with Crippen molar-refractivity contribution in [2.75, 3.05) is 4.90 Å². The number of hydrogen-bond donors (Lipinski definition) is 2. The van der Waals surface area contributed by atoms with Gasteiger partial charge in [0.15, 0.2) is 0 Å². The third-order valence-corrected chi connectivity index (χ3v) is 3.24. The summed E-state index contributed by atoms with van der Waals surface area (Å²) in [5.74, 6) is -0.456. The topological polar surface area (TPSA) is 69.6 Å². The minimum atomic E-state index is -0.581. The van der Waals surface area contributed by atoms with Crippen LogP contribution in [-0.4, -0.2) is 23.1 Å². The second-order valence-corrected chi connectivity index (χ2v) is 5.36. The van der Waals surface area contributed by atoms with Gasteiger partial charge in [-0.15, -0.1) is 0 Å². The quantitative estimate of drug-likeness (QED) is 0.462. The van der Waals surface area contributed by atoms with Gasteiger partial charge in [-0.3, -0.25) is 14.8 Å². The van der Waals surface area contributed by atoms with Crippen LogP contribution in [0.5, 0.6) is 0 Å². The summed E-state index contributed by atoms with van der Waals surface area (Å²) in [4.78, 5) is 25.0. The Kier molecular flexibility index (Phi) is 7.32. The lowest BCUT2D eigenvalue weighted by Crippen LogP contribution is -2.36. The van der Waals surface area contributed by atoms with E-state index in [1.54, 1.807) is 11.0 Å². The highest BCUT2D eigenvalue weighted by atomic mass is 16.5. The minimum absolute atomic E-state index is 0.0888. The average molecular weight is 304 g/mol. The van der Waals surface area contributed by atoms with Crippen LogP contribution in [0.25, 0.3) is 6.08 Å². The Balaban J connectivity index is 2.87. The van der Waals surface area contributed by atoms with Crippen molar-refractivity contribution in [1.29, 1.82) is 0 Å². The number of rotatable bonds is 7. The molecule has 5 heteroatoms. The molecule has 0 aromatic heterocycles. The standard InChI is InChI=1S/C17H24N2O3/c1-4-5-6-17(21)19(13(2)3)15-10-7-14(8-11-15)9-12-16(20)18-22/h7-13,22H,4-6H2,1-3H3,(H,18,20). The van der Waals surface area contributed by atoms with Crippen molar-refractivity contribution in [1.82, 2.24) is 5.48 Å². The molecule has 2 N–H and O–H groups in total. The van der Waals surface area contributed by atoms with Crippen LogP contribution in [-0.2, 0) is 9.59 Å². The fourth-order valence-electron chi connectivity index (χ4n) is 2.13. The van der Waals surface area contributed by atoms with Gasteiger partial charge < -0.3 is 4.90 Å². The van der Waals surface area contributed by atoms with Gasteiger partial charge in [0, 0.05) is 24.2 Å². The summed E-state index contributed by atoms with van der Waals surface area (Å²) < 4.78 is 0. The highest BCUT2D eigenvalue weighted by Gasteiger charge is 2.18. The average Bonchev–Trinajstić information content (AvgIpc) is 2.51. The van der Waals surface area contributed by atoms with Crippen LogP contribution >= 0.6 is 0 Å². The lowest BCUT2D eigenvalue weighted by Gasteiger charge is -2.27. The Bertz CT molecular complexity index is 521. The summed E-state index contributed by atoms with van der Waals surface area (Å²) in [6.07, 6.45) is 5.26. The Morgan fingerprint density at radius 3 is 2.41 bits per heavy atom. The lowest BCUT2D eigenvalue weighted by atomic mass is 10.1. The van der Waals surface area contributed by atoms with Crippen molar-refractivity contribution in [3.63, 3.8) is 0 Å². The third-order valence-electron chi connectivity index (χ3n) is 3.24. The van der Waals surface area contributed by atoms with E-state index >= 15 is 0 Å². The summed E-state index contributed by atoms with van der Waals surface area (Å²) in [6.45, 7) is 6.04. The number of benzene rings is 1. The van der Waals surface area contributed by atoms with Crippen LogP contribution in [0.4, 0.5) is 5.69 Å². The van der Waals surface area contributed by atoms with Crippen molar-refractivity contribution in [3.8, 4) is 0 Å². The SMILES string of the molecule is CCCCC(=O)N(c1ccc(C=CC(=O)NO)cc1)C(C)C. The van der Waals surface area contributed by atoms with Crippen LogP contribution in [0.2, 0.25) is 0 Å². The van der Waals surface area contributed by atoms with Gasteiger partial charge >= 0.3 is 0 Å². The predicted molar refractivity (Wildman–Crippen MR) is 87.6 cm³/mol. The normalized spacial score (nSPS) is 11.0. The van der Waals surface area contributed by atoms with Gasteiger partial charge in [-0.05, 0) is 44.0 Å². The first-order valence-electron chi connectivity index (χ1n) is 7.53. The predicted octanol–water partition coefficient (Wildman–Crippen LogP) is 3.14. The summed E-state index contributed by atoms with van der Waals surface area (Å²) in [5.41, 5.74) is 3.20. The first kappa shape index (κ1) is 17.9. The first-order valence-corrected chi connectivity index (χ1v) is 7.53. The number of anilines is 1. The second kappa shape index (κ2) is 9.00. The largest absolute Gasteiger partial charge is 0.310 e. The number of carbonyl (C=O) groups is 2. The van der Waals surface area contributed by atoms with E-state index in [4.69, 9.17) is 5.21 Å². The molecule has 0 radical (unpaired) electrons. The molecule has 120 valence electrons. The van der Waals surface area contributed by atoms with E-state index < -0.39 is 5.91 Å². The van der Waals surface area contributed by atoms with Crippen molar-refractivity contribution in [2.24, 2.45) is 0 Å². The molecule has 0 fully saturated rings. The van der Waals surface area contributed by atoms with E-state index in [2.05, 4.69) is 6.92 Å². The van der Waals surface area contributed by atoms with E-state index in [9.17, 15) is 9.59 Å². The van der Waals surface area contributed by atoms with Crippen LogP contribution in [0.3, 0.4) is 0 Å². The molecule has 1 rings (SSSR count). The molecule has 0 aliphatic carbocycles. The maximum absolute atomic E-state index is 12.3. The summed E-state index contributed by atoms with van der Waals surface area (Å²) in [5, 5.41) is 8.43. The van der Waals surface area contributed by atoms with Crippen molar-refractivity contribution in [3.05, 3.63) is 35.9 Å². The number of nitrogens with zero attached hydrogens (tertiary/aromatic N) is 1. The number of unbranched alkanes of at least 4 members (excludes halogenated alkanes) is 1. The molecule has 0 unspecified atom stereocenters. The Morgan fingerprint density at radius 1 is 1.27 bits per heavy atom. The zero-order valence-electron chi connectivity index (χ0n) is 13.4. The molecule has 1 aromatic rings. The molecule has 0 aliphatic rings. The molecule has 2 amide bonds. The number of hydroxylamine groups is 1. The molecule has 0 bridgehead atoms. The molecule has 5 nitrogen and oxygen atoms in total. The van der Waals surface area contributed by atoms with Crippen LogP contribution in [0.15, 0.2) is 30.3 Å². The fraction of sp³-hybridized carbons (Fsp3) is 0.412. The van der Waals surface area contributed by atoms with Crippen molar-refractivity contribution in [2.45, 2.75) is 46.1 Å². The summed E-state index contributed by atoms with van der Waals surface area (Å²) >= 11 is 0. The Labute approximate surface area is 131 Å². The molecule has 0 saturated carbocycles. The number of carbonyl (C=O) groups excluding carboxylic acids is 2. The van der Waals surface area contributed by atoms with Crippen molar-refractivity contribution >= 4 is 23.6 Å². The Morgan fingerprint density at radius 2 is 1.91 bits per heavy atom. The summed E-state index contributed by atoms with van der Waals surface area (Å²) in [6, 6.07) is 7.48. The monoisotopic (exact) mass is 304 g/mol. The maximum Gasteiger partial charge on any atom is 0.267 e. The molecular weight excluding hydrogens is 280 g/mol. The molecule has 0 heterocycles. The number of amides is 2. The van der Waals surface area contributed by atoms with E-state index in [0.29, 0.717) is 6.42 Å². The van der Waals surface area contributed by atoms with E-state index in [0.717, 1.165) is 24.1 Å². The summed E-state index contributed by atoms with van der Waals surface area (Å²) in [7, 11) is 0. The highest BCUT2D eigenvalue weighted by molar-refractivity contribution is 5.94. The van der Waals surface area contributed by atoms with E-state index in [-0.39, 0.29) is 11.9 Å². The van der Waals surface area contributed by atoms with Gasteiger partial charge in [0.1, 0.15) is 0 Å². The van der Waals surface area contributed by atoms with Gasteiger partial charge in [0.25, 0.3) is 5.91 Å². The van der Waals surface area contributed by atoms with Gasteiger partial charge in [0.2, 0.25) is 5.91 Å². The maximum atomic E-state index is 12.3. The van der Waals surface area contributed by atoms with Gasteiger partial charge in [-0.1, -0.05) is 25.5 Å². The van der Waals surface area contributed by atoms with Gasteiger partial charge in [0.05, 0.1) is 0 Å². The second-order valence-electron chi connectivity index (χ2n) is 5.36. The van der Waals surface area contributed by atoms with E-state index in [1.807, 2.05) is 38.1 Å². The van der Waals surface area contributed by atoms with Crippen LogP contribution in [0.1, 0.15) is 45.6 Å². The molecule has 0 atom stereocenters. The molecule has 22 heavy (non-hydrogen) atoms. The van der Waals surface area contributed by atoms with Gasteiger partial charge in [-0.2, -0.15) is 0 Å². The molecule has 0 aliphatic heterocycles. The lowest BCUT2D eigenvalue weighted by molar-refractivity contribution is -0.124. The molecule has 1 aromatic carbocycles.